The third-order valence-corrected chi connectivity index (χ3v) is 5.61. The number of methoxy groups -OCH3 is 2. The number of alkyl carbamates (subject to hydrolysis) is 1. The van der Waals surface area contributed by atoms with E-state index in [0.717, 1.165) is 11.1 Å². The van der Waals surface area contributed by atoms with Crippen LogP contribution < -0.4 is 24.8 Å². The summed E-state index contributed by atoms with van der Waals surface area (Å²) in [5.41, 5.74) is 0.274. The number of hydrogen-bond donors (Lipinski definition) is 2. The Labute approximate surface area is 264 Å². The summed E-state index contributed by atoms with van der Waals surface area (Å²) in [7, 11) is 3.17. The summed E-state index contributed by atoms with van der Waals surface area (Å²) in [5, 5.41) is 5.05. The van der Waals surface area contributed by atoms with Gasteiger partial charge in [0.25, 0.3) is 0 Å². The molecule has 12 heteroatoms. The van der Waals surface area contributed by atoms with Crippen molar-refractivity contribution in [2.45, 2.75) is 71.6 Å². The number of hydrogen-bond acceptors (Lipinski definition) is 10. The van der Waals surface area contributed by atoms with Gasteiger partial charge in [-0.2, -0.15) is 0 Å². The molecular formula is C33H44N2O10. The number of carbonyl (C=O) groups excluding carboxylic acids is 4. The zero-order valence-corrected chi connectivity index (χ0v) is 27.2. The Morgan fingerprint density at radius 1 is 0.778 bits per heavy atom. The molecule has 0 saturated heterocycles. The molecule has 1 atom stereocenters. The minimum absolute atomic E-state index is 0.0260. The highest BCUT2D eigenvalue weighted by Gasteiger charge is 2.26. The topological polar surface area (TPSA) is 148 Å². The number of nitrogens with one attached hydrogen (secondary N) is 2. The van der Waals surface area contributed by atoms with Crippen LogP contribution in [-0.4, -0.2) is 68.7 Å². The predicted molar refractivity (Wildman–Crippen MR) is 168 cm³/mol. The molecule has 0 aliphatic rings. The lowest BCUT2D eigenvalue weighted by Crippen LogP contribution is -2.49. The lowest BCUT2D eigenvalue weighted by atomic mass is 10.1. The van der Waals surface area contributed by atoms with Crippen LogP contribution in [0.15, 0.2) is 42.5 Å². The van der Waals surface area contributed by atoms with Crippen molar-refractivity contribution >= 4 is 36.3 Å². The van der Waals surface area contributed by atoms with Gasteiger partial charge in [0.2, 0.25) is 5.91 Å². The molecule has 0 aromatic heterocycles. The monoisotopic (exact) mass is 628 g/mol. The molecule has 0 bridgehead atoms. The smallest absolute Gasteiger partial charge is 0.497 e. The van der Waals surface area contributed by atoms with E-state index in [1.807, 2.05) is 24.3 Å². The van der Waals surface area contributed by atoms with E-state index in [2.05, 4.69) is 10.6 Å². The van der Waals surface area contributed by atoms with Crippen LogP contribution in [0.1, 0.15) is 65.5 Å². The first kappa shape index (κ1) is 36.5. The summed E-state index contributed by atoms with van der Waals surface area (Å²) in [6, 6.07) is 11.2. The largest absolute Gasteiger partial charge is 0.513 e. The van der Waals surface area contributed by atoms with Crippen LogP contribution in [0.4, 0.5) is 9.59 Å². The molecule has 0 aliphatic heterocycles. The zero-order valence-electron chi connectivity index (χ0n) is 27.2. The average molecular weight is 629 g/mol. The van der Waals surface area contributed by atoms with Crippen molar-refractivity contribution in [3.8, 4) is 17.2 Å². The summed E-state index contributed by atoms with van der Waals surface area (Å²) in [6.07, 6.45) is 1.88. The molecule has 2 amide bonds. The SMILES string of the molecule is COc1cc(/C=C/c2ccc(OC(=O)OCCNC(=O)C(CCC(=O)OC(C)(C)C)NC(=O)OC(C)(C)C)cc2)cc(OC)c1. The fourth-order valence-electron chi connectivity index (χ4n) is 3.70. The quantitative estimate of drug-likeness (QED) is 0.0955. The van der Waals surface area contributed by atoms with Crippen LogP contribution in [0.5, 0.6) is 17.2 Å². The first-order valence-electron chi connectivity index (χ1n) is 14.4. The van der Waals surface area contributed by atoms with E-state index in [4.69, 9.17) is 28.4 Å². The van der Waals surface area contributed by atoms with E-state index in [0.29, 0.717) is 11.5 Å². The molecule has 45 heavy (non-hydrogen) atoms. The van der Waals surface area contributed by atoms with Crippen molar-refractivity contribution in [2.24, 2.45) is 0 Å². The van der Waals surface area contributed by atoms with Crippen molar-refractivity contribution in [2.75, 3.05) is 27.4 Å². The molecule has 0 heterocycles. The first-order chi connectivity index (χ1) is 21.1. The zero-order chi connectivity index (χ0) is 33.6. The van der Waals surface area contributed by atoms with Crippen molar-refractivity contribution < 1.29 is 47.6 Å². The molecule has 0 spiro atoms. The van der Waals surface area contributed by atoms with Gasteiger partial charge < -0.3 is 39.1 Å². The number of carbonyl (C=O) groups is 4. The van der Waals surface area contributed by atoms with Gasteiger partial charge in [-0.15, -0.1) is 0 Å². The molecule has 2 N–H and O–H groups in total. The molecule has 2 rings (SSSR count). The summed E-state index contributed by atoms with van der Waals surface area (Å²) in [4.78, 5) is 49.4. The predicted octanol–water partition coefficient (Wildman–Crippen LogP) is 5.52. The Morgan fingerprint density at radius 3 is 1.91 bits per heavy atom. The Hall–Kier alpha value is -4.74. The van der Waals surface area contributed by atoms with Gasteiger partial charge >= 0.3 is 18.2 Å². The lowest BCUT2D eigenvalue weighted by molar-refractivity contribution is -0.155. The van der Waals surface area contributed by atoms with Crippen molar-refractivity contribution in [1.29, 1.82) is 0 Å². The molecule has 0 fully saturated rings. The molecule has 2 aromatic rings. The number of esters is 1. The third kappa shape index (κ3) is 15.0. The Balaban J connectivity index is 1.85. The second-order valence-corrected chi connectivity index (χ2v) is 11.9. The molecule has 2 aromatic carbocycles. The number of amides is 2. The maximum Gasteiger partial charge on any atom is 0.513 e. The Bertz CT molecular complexity index is 1300. The van der Waals surface area contributed by atoms with E-state index in [9.17, 15) is 19.2 Å². The number of ether oxygens (including phenoxy) is 6. The van der Waals surface area contributed by atoms with E-state index in [1.54, 1.807) is 86.1 Å². The van der Waals surface area contributed by atoms with E-state index >= 15 is 0 Å². The summed E-state index contributed by atoms with van der Waals surface area (Å²) < 4.78 is 31.3. The summed E-state index contributed by atoms with van der Waals surface area (Å²) in [6.45, 7) is 9.99. The van der Waals surface area contributed by atoms with Crippen molar-refractivity contribution in [3.63, 3.8) is 0 Å². The first-order valence-corrected chi connectivity index (χ1v) is 14.4. The van der Waals surface area contributed by atoms with E-state index in [1.165, 1.54) is 0 Å². The Kier molecular flexibility index (Phi) is 13.7. The maximum atomic E-state index is 12.8. The standard InChI is InChI=1S/C33H44N2O10/c1-32(2,3)44-28(36)16-15-27(35-30(38)45-33(4,5)6)29(37)34-17-18-42-31(39)43-24-13-11-22(12-14-24)9-10-23-19-25(40-7)21-26(20-23)41-8/h9-14,19-21,27H,15-18H2,1-8H3,(H,34,37)(H,35,38)/b10-9+. The van der Waals surface area contributed by atoms with Gasteiger partial charge in [-0.25, -0.2) is 9.59 Å². The van der Waals surface area contributed by atoms with E-state index in [-0.39, 0.29) is 31.7 Å². The van der Waals surface area contributed by atoms with Crippen molar-refractivity contribution in [1.82, 2.24) is 10.6 Å². The molecule has 0 saturated carbocycles. The highest BCUT2D eigenvalue weighted by atomic mass is 16.7. The summed E-state index contributed by atoms with van der Waals surface area (Å²) >= 11 is 0. The number of benzene rings is 2. The van der Waals surface area contributed by atoms with Crippen LogP contribution in [0.2, 0.25) is 0 Å². The molecule has 246 valence electrons. The van der Waals surface area contributed by atoms with E-state index < -0.39 is 41.4 Å². The van der Waals surface area contributed by atoms with Gasteiger partial charge in [0.15, 0.2) is 0 Å². The molecule has 0 aliphatic carbocycles. The van der Waals surface area contributed by atoms with Crippen LogP contribution in [0.25, 0.3) is 12.2 Å². The second kappa shape index (κ2) is 16.9. The molecule has 1 unspecified atom stereocenters. The van der Waals surface area contributed by atoms with Gasteiger partial charge in [-0.1, -0.05) is 24.3 Å². The normalized spacial score (nSPS) is 12.1. The average Bonchev–Trinajstić information content (AvgIpc) is 2.94. The van der Waals surface area contributed by atoms with Crippen LogP contribution in [0.3, 0.4) is 0 Å². The fourth-order valence-corrected chi connectivity index (χ4v) is 3.70. The molecule has 12 nitrogen and oxygen atoms in total. The van der Waals surface area contributed by atoms with Gasteiger partial charge in [-0.3, -0.25) is 9.59 Å². The highest BCUT2D eigenvalue weighted by Crippen LogP contribution is 2.24. The number of rotatable bonds is 13. The minimum atomic E-state index is -1.09. The summed E-state index contributed by atoms with van der Waals surface area (Å²) in [5.74, 6) is 0.516. The minimum Gasteiger partial charge on any atom is -0.497 e. The van der Waals surface area contributed by atoms with Crippen molar-refractivity contribution in [3.05, 3.63) is 53.6 Å². The highest BCUT2D eigenvalue weighted by molar-refractivity contribution is 5.86. The van der Waals surface area contributed by atoms with Gasteiger partial charge in [0.05, 0.1) is 20.8 Å². The second-order valence-electron chi connectivity index (χ2n) is 11.9. The molecule has 0 radical (unpaired) electrons. The third-order valence-electron chi connectivity index (χ3n) is 5.61. The van der Waals surface area contributed by atoms with Crippen LogP contribution in [0, 0.1) is 0 Å². The fraction of sp³-hybridized carbons (Fsp3) is 0.455. The van der Waals surface area contributed by atoms with Crippen LogP contribution >= 0.6 is 0 Å². The van der Waals surface area contributed by atoms with Gasteiger partial charge in [0.1, 0.15) is 41.1 Å². The Morgan fingerprint density at radius 2 is 1.36 bits per heavy atom. The lowest BCUT2D eigenvalue weighted by Gasteiger charge is -2.24. The van der Waals surface area contributed by atoms with Crippen LogP contribution in [-0.2, 0) is 23.8 Å². The molecular weight excluding hydrogens is 584 g/mol. The maximum absolute atomic E-state index is 12.8. The van der Waals surface area contributed by atoms with Gasteiger partial charge in [0, 0.05) is 12.5 Å². The van der Waals surface area contributed by atoms with Gasteiger partial charge in [-0.05, 0) is 83.4 Å².